The molecule has 6 N–H and O–H groups in total. The molecule has 0 spiro atoms. The molecule has 0 atom stereocenters. The summed E-state index contributed by atoms with van der Waals surface area (Å²) >= 11 is 0. The smallest absolute Gasteiger partial charge is 0.246 e. The van der Waals surface area contributed by atoms with Crippen molar-refractivity contribution in [2.24, 2.45) is 17.0 Å². The molecule has 224 valence electrons. The maximum atomic E-state index is 13.7. The lowest BCUT2D eigenvalue weighted by Crippen LogP contribution is -2.45. The SMILES string of the molecule is C=CC1=C(\C=C/C)N(C(=O)CNC(=O)C(C)(C)CCOC(C)(C)CC(=O)NC)Cc2ccccc2/C(N)=C\1N(C)N. The third kappa shape index (κ3) is 8.55. The second kappa shape index (κ2) is 14.1. The summed E-state index contributed by atoms with van der Waals surface area (Å²) in [4.78, 5) is 40.3. The standard InChI is InChI=1S/C31H46N6O4/c1-9-13-24-22(10-2)28(36(8)33)27(32)23-15-12-11-14-21(23)20-37(24)26(39)19-35-29(40)30(3,4)16-17-41-31(5,6)18-25(38)34-7/h9-15H,2,16-20,32-33H2,1,3-8H3,(H,34,38)(H,35,40)/b13-9-,24-22-,28-27-. The Morgan fingerprint density at radius 3 is 2.44 bits per heavy atom. The van der Waals surface area contributed by atoms with Crippen molar-refractivity contribution in [1.82, 2.24) is 20.5 Å². The van der Waals surface area contributed by atoms with Crippen LogP contribution in [0.25, 0.3) is 5.70 Å². The first-order valence-electron chi connectivity index (χ1n) is 13.7. The molecule has 1 heterocycles. The Labute approximate surface area is 244 Å². The molecular weight excluding hydrogens is 520 g/mol. The van der Waals surface area contributed by atoms with Crippen LogP contribution in [0.5, 0.6) is 0 Å². The lowest BCUT2D eigenvalue weighted by atomic mass is 9.88. The number of hydrogen-bond acceptors (Lipinski definition) is 7. The van der Waals surface area contributed by atoms with Crippen LogP contribution in [-0.2, 0) is 25.7 Å². The number of nitrogens with two attached hydrogens (primary N) is 2. The van der Waals surface area contributed by atoms with Gasteiger partial charge in [0.15, 0.2) is 0 Å². The van der Waals surface area contributed by atoms with E-state index in [1.54, 1.807) is 38.9 Å². The van der Waals surface area contributed by atoms with Crippen molar-refractivity contribution < 1.29 is 19.1 Å². The maximum Gasteiger partial charge on any atom is 0.246 e. The normalized spacial score (nSPS) is 17.9. The van der Waals surface area contributed by atoms with Gasteiger partial charge in [0, 0.05) is 37.3 Å². The van der Waals surface area contributed by atoms with Crippen LogP contribution in [0.3, 0.4) is 0 Å². The van der Waals surface area contributed by atoms with E-state index in [0.717, 1.165) is 11.1 Å². The van der Waals surface area contributed by atoms with Crippen LogP contribution in [-0.4, -0.2) is 60.5 Å². The Bertz CT molecular complexity index is 1240. The number of carbonyl (C=O) groups excluding carboxylic acids is 3. The summed E-state index contributed by atoms with van der Waals surface area (Å²) in [6.07, 6.45) is 5.87. The predicted molar refractivity (Wildman–Crippen MR) is 162 cm³/mol. The van der Waals surface area contributed by atoms with Gasteiger partial charge < -0.3 is 31.0 Å². The van der Waals surface area contributed by atoms with Crippen LogP contribution >= 0.6 is 0 Å². The van der Waals surface area contributed by atoms with Crippen molar-refractivity contribution in [3.8, 4) is 0 Å². The van der Waals surface area contributed by atoms with Gasteiger partial charge in [-0.3, -0.25) is 14.4 Å². The van der Waals surface area contributed by atoms with E-state index in [1.807, 2.05) is 57.2 Å². The van der Waals surface area contributed by atoms with Crippen molar-refractivity contribution in [3.05, 3.63) is 77.2 Å². The summed E-state index contributed by atoms with van der Waals surface area (Å²) in [6, 6.07) is 7.57. The van der Waals surface area contributed by atoms with Gasteiger partial charge in [-0.2, -0.15) is 0 Å². The third-order valence-corrected chi connectivity index (χ3v) is 7.00. The minimum Gasteiger partial charge on any atom is -0.396 e. The highest BCUT2D eigenvalue weighted by atomic mass is 16.5. The molecule has 0 saturated heterocycles. The van der Waals surface area contributed by atoms with Gasteiger partial charge in [0.2, 0.25) is 17.7 Å². The molecule has 1 aliphatic rings. The molecular formula is C31H46N6O4. The van der Waals surface area contributed by atoms with Gasteiger partial charge in [0.25, 0.3) is 0 Å². The molecule has 1 aromatic carbocycles. The molecule has 0 bridgehead atoms. The van der Waals surface area contributed by atoms with Gasteiger partial charge in [-0.1, -0.05) is 56.8 Å². The Balaban J connectivity index is 2.29. The number of carbonyl (C=O) groups is 3. The fourth-order valence-corrected chi connectivity index (χ4v) is 4.57. The lowest BCUT2D eigenvalue weighted by molar-refractivity contribution is -0.136. The second-order valence-electron chi connectivity index (χ2n) is 11.3. The van der Waals surface area contributed by atoms with Gasteiger partial charge >= 0.3 is 0 Å². The Morgan fingerprint density at radius 1 is 1.20 bits per heavy atom. The van der Waals surface area contributed by atoms with Gasteiger partial charge in [-0.25, -0.2) is 5.84 Å². The Kier molecular flexibility index (Phi) is 11.5. The fourth-order valence-electron chi connectivity index (χ4n) is 4.57. The molecule has 0 saturated carbocycles. The number of hydrazine groups is 1. The Morgan fingerprint density at radius 2 is 1.85 bits per heavy atom. The van der Waals surface area contributed by atoms with Crippen LogP contribution in [0, 0.1) is 5.41 Å². The van der Waals surface area contributed by atoms with Crippen molar-refractivity contribution in [2.45, 2.75) is 59.6 Å². The summed E-state index contributed by atoms with van der Waals surface area (Å²) in [5, 5.41) is 6.82. The van der Waals surface area contributed by atoms with Crippen molar-refractivity contribution in [3.63, 3.8) is 0 Å². The Hall–Kier alpha value is -3.89. The van der Waals surface area contributed by atoms with Crippen LogP contribution in [0.4, 0.5) is 0 Å². The molecule has 10 nitrogen and oxygen atoms in total. The van der Waals surface area contributed by atoms with Crippen LogP contribution in [0.1, 0.15) is 58.6 Å². The minimum absolute atomic E-state index is 0.119. The quantitative estimate of drug-likeness (QED) is 0.225. The third-order valence-electron chi connectivity index (χ3n) is 7.00. The number of fused-ring (bicyclic) bond motifs is 1. The van der Waals surface area contributed by atoms with E-state index in [4.69, 9.17) is 16.3 Å². The van der Waals surface area contributed by atoms with Crippen molar-refractivity contribution in [1.29, 1.82) is 0 Å². The van der Waals surface area contributed by atoms with E-state index in [-0.39, 0.29) is 43.8 Å². The molecule has 3 amide bonds. The predicted octanol–water partition coefficient (Wildman–Crippen LogP) is 2.94. The zero-order valence-electron chi connectivity index (χ0n) is 25.5. The summed E-state index contributed by atoms with van der Waals surface area (Å²) in [6.45, 7) is 13.4. The zero-order valence-corrected chi connectivity index (χ0v) is 25.5. The molecule has 0 radical (unpaired) electrons. The summed E-state index contributed by atoms with van der Waals surface area (Å²) < 4.78 is 5.90. The molecule has 1 aliphatic heterocycles. The number of rotatable bonds is 12. The first-order chi connectivity index (χ1) is 19.2. The largest absolute Gasteiger partial charge is 0.396 e. The number of nitrogens with zero attached hydrogens (tertiary/aromatic N) is 2. The average molecular weight is 567 g/mol. The minimum atomic E-state index is -0.812. The average Bonchev–Trinajstić information content (AvgIpc) is 2.90. The van der Waals surface area contributed by atoms with E-state index >= 15 is 0 Å². The highest BCUT2D eigenvalue weighted by Crippen LogP contribution is 2.32. The molecule has 10 heteroatoms. The molecule has 0 fully saturated rings. The number of amides is 3. The number of ether oxygens (including phenoxy) is 1. The number of hydrogen-bond donors (Lipinski definition) is 4. The highest BCUT2D eigenvalue weighted by molar-refractivity contribution is 5.89. The second-order valence-corrected chi connectivity index (χ2v) is 11.3. The monoisotopic (exact) mass is 566 g/mol. The molecule has 0 aromatic heterocycles. The first kappa shape index (κ1) is 33.3. The van der Waals surface area contributed by atoms with Gasteiger partial charge in [-0.15, -0.1) is 0 Å². The molecule has 0 aliphatic carbocycles. The summed E-state index contributed by atoms with van der Waals surface area (Å²) in [5.74, 6) is 5.52. The van der Waals surface area contributed by atoms with E-state index in [1.165, 1.54) is 5.01 Å². The van der Waals surface area contributed by atoms with Gasteiger partial charge in [0.1, 0.15) is 0 Å². The number of nitrogens with one attached hydrogen (secondary N) is 2. The molecule has 1 aromatic rings. The topological polar surface area (TPSA) is 143 Å². The number of benzene rings is 1. The first-order valence-corrected chi connectivity index (χ1v) is 13.7. The number of likely N-dealkylation sites (N-methyl/N-ethyl adjacent to an activating group) is 1. The van der Waals surface area contributed by atoms with Crippen LogP contribution < -0.4 is 22.2 Å². The van der Waals surface area contributed by atoms with Crippen LogP contribution in [0.2, 0.25) is 0 Å². The van der Waals surface area contributed by atoms with E-state index in [9.17, 15) is 14.4 Å². The van der Waals surface area contributed by atoms with E-state index < -0.39 is 11.0 Å². The summed E-state index contributed by atoms with van der Waals surface area (Å²) in [5.41, 5.74) is 8.90. The van der Waals surface area contributed by atoms with Gasteiger partial charge in [-0.05, 0) is 38.8 Å². The molecule has 41 heavy (non-hydrogen) atoms. The number of allylic oxidation sites excluding steroid dienone is 3. The molecule has 2 rings (SSSR count). The maximum absolute atomic E-state index is 13.7. The lowest BCUT2D eigenvalue weighted by Gasteiger charge is -2.33. The molecule has 0 unspecified atom stereocenters. The summed E-state index contributed by atoms with van der Waals surface area (Å²) in [7, 11) is 3.26. The van der Waals surface area contributed by atoms with E-state index in [2.05, 4.69) is 17.2 Å². The van der Waals surface area contributed by atoms with Crippen molar-refractivity contribution in [2.75, 3.05) is 27.2 Å². The highest BCUT2D eigenvalue weighted by Gasteiger charge is 2.32. The zero-order chi connectivity index (χ0) is 31.0. The van der Waals surface area contributed by atoms with Gasteiger partial charge in [0.05, 0.1) is 42.2 Å². The van der Waals surface area contributed by atoms with E-state index in [0.29, 0.717) is 29.1 Å². The fraction of sp³-hybridized carbons (Fsp3) is 0.452. The van der Waals surface area contributed by atoms with Crippen molar-refractivity contribution >= 4 is 23.4 Å². The van der Waals surface area contributed by atoms with Crippen LogP contribution in [0.15, 0.2) is 66.0 Å².